The molecule has 0 aliphatic rings. The Hall–Kier alpha value is -0.390. The fraction of sp³-hybridized carbons (Fsp3) is 0.400. The van der Waals surface area contributed by atoms with Gasteiger partial charge in [-0.1, -0.05) is 35.0 Å². The molecular weight excluding hydrogens is 278 g/mol. The van der Waals surface area contributed by atoms with E-state index in [9.17, 15) is 8.42 Å². The largest absolute Gasteiger partial charge is 0.323 e. The Morgan fingerprint density at radius 1 is 1.33 bits per heavy atom. The van der Waals surface area contributed by atoms with Gasteiger partial charge in [0.1, 0.15) is 0 Å². The van der Waals surface area contributed by atoms with Gasteiger partial charge in [0.05, 0.1) is 5.75 Å². The molecule has 0 unspecified atom stereocenters. The molecule has 0 saturated carbocycles. The van der Waals surface area contributed by atoms with Crippen LogP contribution >= 0.6 is 15.9 Å². The van der Waals surface area contributed by atoms with E-state index in [0.717, 1.165) is 10.0 Å². The number of halogens is 1. The quantitative estimate of drug-likeness (QED) is 0.921. The summed E-state index contributed by atoms with van der Waals surface area (Å²) >= 11 is 3.31. The molecule has 0 aromatic heterocycles. The first-order valence-electron chi connectivity index (χ1n) is 4.66. The molecule has 0 amide bonds. The van der Waals surface area contributed by atoms with Crippen molar-refractivity contribution in [2.24, 2.45) is 5.73 Å². The summed E-state index contributed by atoms with van der Waals surface area (Å²) in [7, 11) is -3.01. The second-order valence-electron chi connectivity index (χ2n) is 3.36. The predicted molar refractivity (Wildman–Crippen MR) is 65.4 cm³/mol. The van der Waals surface area contributed by atoms with Gasteiger partial charge in [-0.25, -0.2) is 8.42 Å². The number of nitrogens with two attached hydrogens (primary N) is 1. The van der Waals surface area contributed by atoms with Crippen LogP contribution < -0.4 is 5.73 Å². The van der Waals surface area contributed by atoms with Crippen LogP contribution in [-0.2, 0) is 9.84 Å². The lowest BCUT2D eigenvalue weighted by molar-refractivity contribution is 0.590. The molecule has 2 N–H and O–H groups in total. The SMILES string of the molecule is CCS(=O)(=O)C[C@H](N)c1ccc(Br)cc1. The van der Waals surface area contributed by atoms with Crippen LogP contribution in [0.4, 0.5) is 0 Å². The first kappa shape index (κ1) is 12.7. The van der Waals surface area contributed by atoms with Crippen molar-refractivity contribution in [1.82, 2.24) is 0 Å². The normalized spacial score (nSPS) is 13.8. The number of benzene rings is 1. The van der Waals surface area contributed by atoms with Crippen LogP contribution in [0.5, 0.6) is 0 Å². The minimum atomic E-state index is -3.01. The zero-order valence-corrected chi connectivity index (χ0v) is 10.9. The molecule has 0 fully saturated rings. The van der Waals surface area contributed by atoms with Crippen LogP contribution in [0.15, 0.2) is 28.7 Å². The Bertz CT molecular complexity index is 414. The maximum absolute atomic E-state index is 11.4. The summed E-state index contributed by atoms with van der Waals surface area (Å²) in [5.74, 6) is 0.141. The van der Waals surface area contributed by atoms with Gasteiger partial charge in [-0.2, -0.15) is 0 Å². The second-order valence-corrected chi connectivity index (χ2v) is 6.67. The Labute approximate surface area is 98.7 Å². The maximum atomic E-state index is 11.4. The Morgan fingerprint density at radius 2 is 1.87 bits per heavy atom. The molecule has 84 valence electrons. The summed E-state index contributed by atoms with van der Waals surface area (Å²) in [6, 6.07) is 6.93. The molecule has 0 heterocycles. The van der Waals surface area contributed by atoms with E-state index in [1.54, 1.807) is 6.92 Å². The average molecular weight is 292 g/mol. The highest BCUT2D eigenvalue weighted by Crippen LogP contribution is 2.16. The number of sulfone groups is 1. The van der Waals surface area contributed by atoms with Gasteiger partial charge in [0.15, 0.2) is 9.84 Å². The molecule has 15 heavy (non-hydrogen) atoms. The van der Waals surface area contributed by atoms with Gasteiger partial charge in [0, 0.05) is 16.3 Å². The summed E-state index contributed by atoms with van der Waals surface area (Å²) < 4.78 is 23.7. The molecule has 0 saturated heterocycles. The average Bonchev–Trinajstić information content (AvgIpc) is 2.18. The molecule has 3 nitrogen and oxygen atoms in total. The van der Waals surface area contributed by atoms with E-state index in [2.05, 4.69) is 15.9 Å². The van der Waals surface area contributed by atoms with E-state index in [1.165, 1.54) is 0 Å². The van der Waals surface area contributed by atoms with Crippen molar-refractivity contribution in [3.8, 4) is 0 Å². The van der Waals surface area contributed by atoms with E-state index < -0.39 is 15.9 Å². The summed E-state index contributed by atoms with van der Waals surface area (Å²) in [5, 5.41) is 0. The van der Waals surface area contributed by atoms with Crippen molar-refractivity contribution >= 4 is 25.8 Å². The number of hydrogen-bond acceptors (Lipinski definition) is 3. The number of rotatable bonds is 4. The summed E-state index contributed by atoms with van der Waals surface area (Å²) in [5.41, 5.74) is 6.66. The molecule has 0 aliphatic carbocycles. The Balaban J connectivity index is 2.78. The molecule has 0 aliphatic heterocycles. The Morgan fingerprint density at radius 3 is 2.33 bits per heavy atom. The van der Waals surface area contributed by atoms with Crippen LogP contribution in [0.3, 0.4) is 0 Å². The zero-order valence-electron chi connectivity index (χ0n) is 8.48. The fourth-order valence-electron chi connectivity index (χ4n) is 1.20. The second kappa shape index (κ2) is 5.09. The van der Waals surface area contributed by atoms with Gasteiger partial charge >= 0.3 is 0 Å². The van der Waals surface area contributed by atoms with Gasteiger partial charge in [-0.15, -0.1) is 0 Å². The van der Waals surface area contributed by atoms with Crippen molar-refractivity contribution in [3.05, 3.63) is 34.3 Å². The van der Waals surface area contributed by atoms with E-state index in [0.29, 0.717) is 0 Å². The topological polar surface area (TPSA) is 60.2 Å². The first-order chi connectivity index (χ1) is 6.94. The van der Waals surface area contributed by atoms with Crippen molar-refractivity contribution in [3.63, 3.8) is 0 Å². The fourth-order valence-corrected chi connectivity index (χ4v) is 2.44. The standard InChI is InChI=1S/C10H14BrNO2S/c1-2-15(13,14)7-10(12)8-3-5-9(11)6-4-8/h3-6,10H,2,7,12H2,1H3/t10-/m0/s1. The highest BCUT2D eigenvalue weighted by molar-refractivity contribution is 9.10. The van der Waals surface area contributed by atoms with Crippen molar-refractivity contribution < 1.29 is 8.42 Å². The van der Waals surface area contributed by atoms with Crippen LogP contribution in [0, 0.1) is 0 Å². The van der Waals surface area contributed by atoms with Gasteiger partial charge in [0.2, 0.25) is 0 Å². The van der Waals surface area contributed by atoms with Gasteiger partial charge < -0.3 is 5.73 Å². The van der Waals surface area contributed by atoms with Crippen molar-refractivity contribution in [2.45, 2.75) is 13.0 Å². The number of hydrogen-bond donors (Lipinski definition) is 1. The van der Waals surface area contributed by atoms with Crippen LogP contribution in [-0.4, -0.2) is 19.9 Å². The minimum Gasteiger partial charge on any atom is -0.323 e. The van der Waals surface area contributed by atoms with Crippen LogP contribution in [0.25, 0.3) is 0 Å². The lowest BCUT2D eigenvalue weighted by atomic mass is 10.1. The molecule has 5 heteroatoms. The molecule has 1 aromatic carbocycles. The third-order valence-corrected chi connectivity index (χ3v) is 4.45. The van der Waals surface area contributed by atoms with Crippen molar-refractivity contribution in [1.29, 1.82) is 0 Å². The predicted octanol–water partition coefficient (Wildman–Crippen LogP) is 1.88. The lowest BCUT2D eigenvalue weighted by Crippen LogP contribution is -2.22. The molecule has 0 bridgehead atoms. The van der Waals surface area contributed by atoms with E-state index in [1.807, 2.05) is 24.3 Å². The highest BCUT2D eigenvalue weighted by Gasteiger charge is 2.15. The minimum absolute atomic E-state index is 0.00509. The first-order valence-corrected chi connectivity index (χ1v) is 7.27. The highest BCUT2D eigenvalue weighted by atomic mass is 79.9. The molecule has 1 rings (SSSR count). The summed E-state index contributed by atoms with van der Waals surface area (Å²) in [4.78, 5) is 0. The molecule has 1 aromatic rings. The van der Waals surface area contributed by atoms with Crippen LogP contribution in [0.1, 0.15) is 18.5 Å². The molecule has 0 radical (unpaired) electrons. The molecular formula is C10H14BrNO2S. The van der Waals surface area contributed by atoms with Gasteiger partial charge in [-0.05, 0) is 17.7 Å². The smallest absolute Gasteiger partial charge is 0.151 e. The van der Waals surface area contributed by atoms with E-state index >= 15 is 0 Å². The third kappa shape index (κ3) is 3.93. The molecule has 0 spiro atoms. The summed E-state index contributed by atoms with van der Waals surface area (Å²) in [6.45, 7) is 1.63. The Kier molecular flexibility index (Phi) is 4.31. The van der Waals surface area contributed by atoms with Gasteiger partial charge in [0.25, 0.3) is 0 Å². The maximum Gasteiger partial charge on any atom is 0.151 e. The molecule has 1 atom stereocenters. The monoisotopic (exact) mass is 291 g/mol. The zero-order chi connectivity index (χ0) is 11.5. The van der Waals surface area contributed by atoms with Gasteiger partial charge in [-0.3, -0.25) is 0 Å². The van der Waals surface area contributed by atoms with E-state index in [4.69, 9.17) is 5.73 Å². The van der Waals surface area contributed by atoms with Crippen LogP contribution in [0.2, 0.25) is 0 Å². The lowest BCUT2D eigenvalue weighted by Gasteiger charge is -2.11. The van der Waals surface area contributed by atoms with E-state index in [-0.39, 0.29) is 11.5 Å². The summed E-state index contributed by atoms with van der Waals surface area (Å²) in [6.07, 6.45) is 0. The van der Waals surface area contributed by atoms with Crippen molar-refractivity contribution in [2.75, 3.05) is 11.5 Å². The third-order valence-electron chi connectivity index (χ3n) is 2.17.